The molecule has 0 fully saturated rings. The number of aryl methyl sites for hydroxylation is 3. The average molecular weight is 245 g/mol. The lowest BCUT2D eigenvalue weighted by molar-refractivity contribution is 0.270. The Morgan fingerprint density at radius 1 is 1.22 bits per heavy atom. The number of hydrogen-bond donors (Lipinski definition) is 2. The Morgan fingerprint density at radius 3 is 2.61 bits per heavy atom. The highest BCUT2D eigenvalue weighted by molar-refractivity contribution is 5.31. The molecule has 0 aliphatic rings. The van der Waals surface area contributed by atoms with Crippen LogP contribution in [-0.2, 0) is 19.4 Å². The monoisotopic (exact) mass is 245 g/mol. The number of rotatable bonds is 5. The first kappa shape index (κ1) is 12.6. The predicted octanol–water partition coefficient (Wildman–Crippen LogP) is 1.55. The standard InChI is InChI=1S/C14H19N3O/c1-11-2-4-12(5-3-11)6-7-13-10-14(15)17(16-13)8-9-18/h2-5,10,18H,6-9,15H2,1H3. The number of nitrogens with zero attached hydrogens (tertiary/aromatic N) is 2. The number of nitrogen functional groups attached to an aromatic ring is 1. The molecule has 0 aliphatic heterocycles. The van der Waals surface area contributed by atoms with Crippen LogP contribution in [-0.4, -0.2) is 21.5 Å². The van der Waals surface area contributed by atoms with Crippen LogP contribution in [0.25, 0.3) is 0 Å². The Balaban J connectivity index is 1.97. The number of hydrogen-bond acceptors (Lipinski definition) is 3. The lowest BCUT2D eigenvalue weighted by atomic mass is 10.1. The summed E-state index contributed by atoms with van der Waals surface area (Å²) in [6.45, 7) is 2.60. The van der Waals surface area contributed by atoms with Crippen LogP contribution in [0.5, 0.6) is 0 Å². The van der Waals surface area contributed by atoms with Gasteiger partial charge in [0.15, 0.2) is 0 Å². The van der Waals surface area contributed by atoms with E-state index < -0.39 is 0 Å². The van der Waals surface area contributed by atoms with Gasteiger partial charge in [0.25, 0.3) is 0 Å². The molecule has 0 unspecified atom stereocenters. The fourth-order valence-electron chi connectivity index (χ4n) is 1.91. The molecule has 0 bridgehead atoms. The fourth-order valence-corrected chi connectivity index (χ4v) is 1.91. The molecular weight excluding hydrogens is 226 g/mol. The van der Waals surface area contributed by atoms with Crippen molar-refractivity contribution in [2.24, 2.45) is 0 Å². The lowest BCUT2D eigenvalue weighted by Gasteiger charge is -2.00. The number of aliphatic hydroxyl groups is 1. The Kier molecular flexibility index (Phi) is 3.99. The molecule has 0 saturated heterocycles. The van der Waals surface area contributed by atoms with Crippen molar-refractivity contribution in [3.63, 3.8) is 0 Å². The summed E-state index contributed by atoms with van der Waals surface area (Å²) < 4.78 is 1.64. The molecular formula is C14H19N3O. The first-order chi connectivity index (χ1) is 8.69. The van der Waals surface area contributed by atoms with Gasteiger partial charge in [-0.2, -0.15) is 5.10 Å². The average Bonchev–Trinajstić information content (AvgIpc) is 2.70. The first-order valence-electron chi connectivity index (χ1n) is 6.17. The maximum Gasteiger partial charge on any atom is 0.122 e. The number of aromatic nitrogens is 2. The summed E-state index contributed by atoms with van der Waals surface area (Å²) in [4.78, 5) is 0. The molecule has 2 rings (SSSR count). The Morgan fingerprint density at radius 2 is 1.94 bits per heavy atom. The van der Waals surface area contributed by atoms with Crippen molar-refractivity contribution in [1.82, 2.24) is 9.78 Å². The van der Waals surface area contributed by atoms with Gasteiger partial charge in [0, 0.05) is 6.07 Å². The third kappa shape index (κ3) is 3.11. The number of benzene rings is 1. The minimum Gasteiger partial charge on any atom is -0.394 e. The van der Waals surface area contributed by atoms with Gasteiger partial charge in [-0.3, -0.25) is 0 Å². The predicted molar refractivity (Wildman–Crippen MR) is 72.3 cm³/mol. The minimum atomic E-state index is 0.0588. The van der Waals surface area contributed by atoms with Crippen LogP contribution in [0.4, 0.5) is 5.82 Å². The smallest absolute Gasteiger partial charge is 0.122 e. The molecule has 0 aliphatic carbocycles. The van der Waals surface area contributed by atoms with Gasteiger partial charge in [-0.1, -0.05) is 29.8 Å². The van der Waals surface area contributed by atoms with E-state index >= 15 is 0 Å². The normalized spacial score (nSPS) is 10.8. The summed E-state index contributed by atoms with van der Waals surface area (Å²) in [5.74, 6) is 0.614. The summed E-state index contributed by atoms with van der Waals surface area (Å²) in [6, 6.07) is 10.4. The molecule has 0 spiro atoms. The second kappa shape index (κ2) is 5.69. The maximum atomic E-state index is 8.87. The van der Waals surface area contributed by atoms with Crippen LogP contribution in [0, 0.1) is 6.92 Å². The Hall–Kier alpha value is -1.81. The highest BCUT2D eigenvalue weighted by Crippen LogP contribution is 2.11. The second-order valence-electron chi connectivity index (χ2n) is 4.49. The summed E-state index contributed by atoms with van der Waals surface area (Å²) in [7, 11) is 0. The van der Waals surface area contributed by atoms with E-state index in [2.05, 4.69) is 36.3 Å². The maximum absolute atomic E-state index is 8.87. The van der Waals surface area contributed by atoms with Crippen molar-refractivity contribution in [3.05, 3.63) is 47.2 Å². The molecule has 1 aromatic carbocycles. The van der Waals surface area contributed by atoms with E-state index in [1.54, 1.807) is 4.68 Å². The van der Waals surface area contributed by atoms with Crippen molar-refractivity contribution >= 4 is 5.82 Å². The summed E-state index contributed by atoms with van der Waals surface area (Å²) in [6.07, 6.45) is 1.82. The molecule has 18 heavy (non-hydrogen) atoms. The van der Waals surface area contributed by atoms with Gasteiger partial charge in [-0.25, -0.2) is 4.68 Å². The van der Waals surface area contributed by atoms with Crippen molar-refractivity contribution in [3.8, 4) is 0 Å². The van der Waals surface area contributed by atoms with E-state index in [4.69, 9.17) is 10.8 Å². The molecule has 4 nitrogen and oxygen atoms in total. The molecule has 2 aromatic rings. The van der Waals surface area contributed by atoms with E-state index in [1.165, 1.54) is 11.1 Å². The zero-order valence-electron chi connectivity index (χ0n) is 10.6. The van der Waals surface area contributed by atoms with Crippen LogP contribution in [0.2, 0.25) is 0 Å². The van der Waals surface area contributed by atoms with Gasteiger partial charge in [0.1, 0.15) is 5.82 Å². The van der Waals surface area contributed by atoms with Gasteiger partial charge in [0.2, 0.25) is 0 Å². The van der Waals surface area contributed by atoms with Crippen LogP contribution >= 0.6 is 0 Å². The Labute approximate surface area is 107 Å². The van der Waals surface area contributed by atoms with Gasteiger partial charge < -0.3 is 10.8 Å². The number of nitrogens with two attached hydrogens (primary N) is 1. The zero-order valence-corrected chi connectivity index (χ0v) is 10.6. The first-order valence-corrected chi connectivity index (χ1v) is 6.17. The largest absolute Gasteiger partial charge is 0.394 e. The van der Waals surface area contributed by atoms with E-state index in [0.29, 0.717) is 12.4 Å². The molecule has 1 aromatic heterocycles. The summed E-state index contributed by atoms with van der Waals surface area (Å²) in [5.41, 5.74) is 9.35. The zero-order chi connectivity index (χ0) is 13.0. The second-order valence-corrected chi connectivity index (χ2v) is 4.49. The third-order valence-corrected chi connectivity index (χ3v) is 2.96. The van der Waals surface area contributed by atoms with Crippen molar-refractivity contribution in [1.29, 1.82) is 0 Å². The van der Waals surface area contributed by atoms with Gasteiger partial charge in [0.05, 0.1) is 18.8 Å². The van der Waals surface area contributed by atoms with Gasteiger partial charge >= 0.3 is 0 Å². The molecule has 3 N–H and O–H groups in total. The van der Waals surface area contributed by atoms with Crippen LogP contribution in [0.15, 0.2) is 30.3 Å². The van der Waals surface area contributed by atoms with E-state index in [1.807, 2.05) is 6.07 Å². The molecule has 0 saturated carbocycles. The van der Waals surface area contributed by atoms with Crippen molar-refractivity contribution in [2.45, 2.75) is 26.3 Å². The summed E-state index contributed by atoms with van der Waals surface area (Å²) in [5, 5.41) is 13.2. The van der Waals surface area contributed by atoms with Crippen LogP contribution in [0.1, 0.15) is 16.8 Å². The molecule has 0 amide bonds. The Bertz CT molecular complexity index is 502. The minimum absolute atomic E-state index is 0.0588. The number of aliphatic hydroxyl groups excluding tert-OH is 1. The van der Waals surface area contributed by atoms with Gasteiger partial charge in [-0.15, -0.1) is 0 Å². The number of anilines is 1. The third-order valence-electron chi connectivity index (χ3n) is 2.96. The lowest BCUT2D eigenvalue weighted by Crippen LogP contribution is -2.07. The molecule has 4 heteroatoms. The summed E-state index contributed by atoms with van der Waals surface area (Å²) >= 11 is 0. The van der Waals surface area contributed by atoms with Crippen LogP contribution in [0.3, 0.4) is 0 Å². The highest BCUT2D eigenvalue weighted by atomic mass is 16.3. The highest BCUT2D eigenvalue weighted by Gasteiger charge is 2.04. The van der Waals surface area contributed by atoms with Crippen molar-refractivity contribution < 1.29 is 5.11 Å². The van der Waals surface area contributed by atoms with Crippen LogP contribution < -0.4 is 5.73 Å². The van der Waals surface area contributed by atoms with E-state index in [-0.39, 0.29) is 6.61 Å². The molecule has 1 heterocycles. The van der Waals surface area contributed by atoms with E-state index in [9.17, 15) is 0 Å². The fraction of sp³-hybridized carbons (Fsp3) is 0.357. The van der Waals surface area contributed by atoms with Crippen molar-refractivity contribution in [2.75, 3.05) is 12.3 Å². The van der Waals surface area contributed by atoms with E-state index in [0.717, 1.165) is 18.5 Å². The molecule has 96 valence electrons. The quantitative estimate of drug-likeness (QED) is 0.840. The molecule has 0 radical (unpaired) electrons. The molecule has 0 atom stereocenters. The SMILES string of the molecule is Cc1ccc(CCc2cc(N)n(CCO)n2)cc1. The van der Waals surface area contributed by atoms with Gasteiger partial charge in [-0.05, 0) is 25.3 Å². The topological polar surface area (TPSA) is 64.1 Å².